The van der Waals surface area contributed by atoms with Crippen molar-refractivity contribution >= 4 is 21.8 Å². The molecule has 0 fully saturated rings. The summed E-state index contributed by atoms with van der Waals surface area (Å²) in [5.74, 6) is 0.388. The van der Waals surface area contributed by atoms with E-state index in [1.54, 1.807) is 0 Å². The Kier molecular flexibility index (Phi) is 9.54. The van der Waals surface area contributed by atoms with E-state index in [-0.39, 0.29) is 5.41 Å². The molecule has 11 aromatic rings. The molecule has 68 heavy (non-hydrogen) atoms. The minimum atomic E-state index is -0.106. The maximum absolute atomic E-state index is 2.48. The maximum atomic E-state index is 2.48. The average Bonchev–Trinajstić information content (AvgIpc) is 3.86. The summed E-state index contributed by atoms with van der Waals surface area (Å²) < 4.78 is 2.47. The van der Waals surface area contributed by atoms with Crippen LogP contribution in [0.15, 0.2) is 231 Å². The van der Waals surface area contributed by atoms with Gasteiger partial charge in [-0.2, -0.15) is 0 Å². The predicted octanol–water partition coefficient (Wildman–Crippen LogP) is 17.7. The predicted molar refractivity (Wildman–Crippen MR) is 287 cm³/mol. The van der Waals surface area contributed by atoms with Gasteiger partial charge in [-0.3, -0.25) is 0 Å². The number of hydrogen-bond donors (Lipinski definition) is 0. The Balaban J connectivity index is 1.00. The van der Waals surface area contributed by atoms with Crippen molar-refractivity contribution in [3.05, 3.63) is 258 Å². The fourth-order valence-corrected chi connectivity index (χ4v) is 12.0. The van der Waals surface area contributed by atoms with Crippen LogP contribution in [0.4, 0.5) is 0 Å². The van der Waals surface area contributed by atoms with Gasteiger partial charge >= 0.3 is 0 Å². The molecule has 2 aliphatic rings. The minimum Gasteiger partial charge on any atom is -0.309 e. The summed E-state index contributed by atoms with van der Waals surface area (Å²) in [6.07, 6.45) is 3.14. The first-order chi connectivity index (χ1) is 33.5. The normalized spacial score (nSPS) is 14.4. The fourth-order valence-electron chi connectivity index (χ4n) is 12.0. The van der Waals surface area contributed by atoms with E-state index in [9.17, 15) is 0 Å². The maximum Gasteiger partial charge on any atom is 0.0619 e. The lowest BCUT2D eigenvalue weighted by Gasteiger charge is -2.30. The minimum absolute atomic E-state index is 0.106. The zero-order valence-corrected chi connectivity index (χ0v) is 38.6. The second-order valence-electron chi connectivity index (χ2n) is 19.6. The van der Waals surface area contributed by atoms with Gasteiger partial charge in [0.05, 0.1) is 11.0 Å². The summed E-state index contributed by atoms with van der Waals surface area (Å²) in [6.45, 7) is 4.77. The van der Waals surface area contributed by atoms with Gasteiger partial charge in [-0.1, -0.05) is 202 Å². The van der Waals surface area contributed by atoms with Crippen molar-refractivity contribution in [1.82, 2.24) is 4.57 Å². The molecule has 1 heterocycles. The molecule has 0 spiro atoms. The number of rotatable bonds is 8. The first-order valence-corrected chi connectivity index (χ1v) is 24.3. The lowest BCUT2D eigenvalue weighted by atomic mass is 9.74. The summed E-state index contributed by atoms with van der Waals surface area (Å²) in [5.41, 5.74) is 26.0. The van der Waals surface area contributed by atoms with Gasteiger partial charge in [0.15, 0.2) is 0 Å². The Hall–Kier alpha value is -8.00. The van der Waals surface area contributed by atoms with Crippen LogP contribution in [-0.4, -0.2) is 4.57 Å². The molecule has 324 valence electrons. The third-order valence-electron chi connectivity index (χ3n) is 15.3. The Bertz CT molecular complexity index is 3740. The van der Waals surface area contributed by atoms with Crippen molar-refractivity contribution < 1.29 is 0 Å². The lowest BCUT2D eigenvalue weighted by molar-refractivity contribution is 0.616. The summed E-state index contributed by atoms with van der Waals surface area (Å²) in [7, 11) is 0. The Morgan fingerprint density at radius 3 is 1.91 bits per heavy atom. The van der Waals surface area contributed by atoms with E-state index in [0.29, 0.717) is 5.92 Å². The Labute approximate surface area is 399 Å². The van der Waals surface area contributed by atoms with Crippen molar-refractivity contribution in [1.29, 1.82) is 0 Å². The first-order valence-electron chi connectivity index (χ1n) is 24.3. The highest BCUT2D eigenvalue weighted by atomic mass is 15.0. The molecule has 0 saturated heterocycles. The second kappa shape index (κ2) is 16.1. The number of para-hydroxylation sites is 3. The first kappa shape index (κ1) is 40.3. The number of aryl methyl sites for hydroxylation is 1. The largest absolute Gasteiger partial charge is 0.309 e. The molecule has 2 aliphatic carbocycles. The number of benzene rings is 10. The Morgan fingerprint density at radius 2 is 1.04 bits per heavy atom. The molecule has 0 aliphatic heterocycles. The highest BCUT2D eigenvalue weighted by Crippen LogP contribution is 2.51. The van der Waals surface area contributed by atoms with Gasteiger partial charge in [-0.25, -0.2) is 0 Å². The summed E-state index contributed by atoms with van der Waals surface area (Å²) in [6, 6.07) is 86.5. The molecule has 0 saturated carbocycles. The van der Waals surface area contributed by atoms with Crippen molar-refractivity contribution in [2.45, 2.75) is 44.4 Å². The van der Waals surface area contributed by atoms with Crippen LogP contribution in [0.25, 0.3) is 94.3 Å². The van der Waals surface area contributed by atoms with Crippen molar-refractivity contribution in [2.75, 3.05) is 0 Å². The molecule has 0 radical (unpaired) electrons. The summed E-state index contributed by atoms with van der Waals surface area (Å²) >= 11 is 0. The monoisotopic (exact) mass is 869 g/mol. The molecule has 10 aromatic carbocycles. The van der Waals surface area contributed by atoms with Crippen LogP contribution in [0.2, 0.25) is 0 Å². The average molecular weight is 870 g/mol. The third-order valence-corrected chi connectivity index (χ3v) is 15.3. The number of nitrogens with zero attached hydrogens (tertiary/aromatic N) is 1. The number of aromatic nitrogens is 1. The summed E-state index contributed by atoms with van der Waals surface area (Å²) in [5, 5.41) is 2.52. The van der Waals surface area contributed by atoms with Crippen LogP contribution in [0, 0.1) is 0 Å². The van der Waals surface area contributed by atoms with Crippen molar-refractivity contribution in [3.63, 3.8) is 0 Å². The van der Waals surface area contributed by atoms with Crippen LogP contribution in [0.1, 0.15) is 54.0 Å². The second-order valence-corrected chi connectivity index (χ2v) is 19.6. The van der Waals surface area contributed by atoms with Crippen LogP contribution in [0.5, 0.6) is 0 Å². The Morgan fingerprint density at radius 1 is 0.426 bits per heavy atom. The van der Waals surface area contributed by atoms with Gasteiger partial charge in [0, 0.05) is 27.4 Å². The van der Waals surface area contributed by atoms with Crippen LogP contribution >= 0.6 is 0 Å². The van der Waals surface area contributed by atoms with Crippen LogP contribution < -0.4 is 0 Å². The van der Waals surface area contributed by atoms with E-state index in [4.69, 9.17) is 0 Å². The van der Waals surface area contributed by atoms with Crippen molar-refractivity contribution in [2.24, 2.45) is 0 Å². The molecule has 13 rings (SSSR count). The molecular formula is C67H51N. The summed E-state index contributed by atoms with van der Waals surface area (Å²) in [4.78, 5) is 0. The molecule has 1 nitrogen and oxygen atoms in total. The van der Waals surface area contributed by atoms with E-state index in [2.05, 4.69) is 249 Å². The highest BCUT2D eigenvalue weighted by molar-refractivity contribution is 6.14. The molecule has 0 amide bonds. The molecule has 1 aromatic heterocycles. The third kappa shape index (κ3) is 6.60. The van der Waals surface area contributed by atoms with Gasteiger partial charge in [0.2, 0.25) is 0 Å². The van der Waals surface area contributed by atoms with Gasteiger partial charge < -0.3 is 4.57 Å². The van der Waals surface area contributed by atoms with E-state index in [0.717, 1.165) is 24.9 Å². The highest BCUT2D eigenvalue weighted by Gasteiger charge is 2.35. The van der Waals surface area contributed by atoms with E-state index < -0.39 is 0 Å². The van der Waals surface area contributed by atoms with Crippen LogP contribution in [-0.2, 0) is 18.3 Å². The lowest BCUT2D eigenvalue weighted by Crippen LogP contribution is -2.14. The molecule has 1 unspecified atom stereocenters. The fraction of sp³-hybridized carbons (Fsp3) is 0.104. The molecule has 1 atom stereocenters. The van der Waals surface area contributed by atoms with Gasteiger partial charge in [-0.15, -0.1) is 0 Å². The van der Waals surface area contributed by atoms with Crippen LogP contribution in [0.3, 0.4) is 0 Å². The van der Waals surface area contributed by atoms with E-state index in [1.165, 1.54) is 116 Å². The van der Waals surface area contributed by atoms with E-state index >= 15 is 0 Å². The number of fused-ring (bicyclic) bond motifs is 9. The zero-order valence-electron chi connectivity index (χ0n) is 38.6. The standard InChI is InChI=1S/C67H51N/c1-67(2)62-32-13-11-26-58(62)59-37-36-47(43-63(59)67)50-40-51(42-52(41-50)57-30-17-31-61-60-27-12-14-33-64(60)68(66(57)61)53-23-7-4-8-24-53)56-29-16-28-55-49(39-48-21-9-10-25-54(48)65(55)56)35-34-44-18-15-22-46(38-44)45-19-5-3-6-20-45/h3-33,36-38,40-43,49H,34-35,39H2,1-2H3. The van der Waals surface area contributed by atoms with E-state index in [1.807, 2.05) is 0 Å². The number of hydrogen-bond acceptors (Lipinski definition) is 0. The molecule has 1 heteroatoms. The molecular weight excluding hydrogens is 819 g/mol. The van der Waals surface area contributed by atoms with Crippen molar-refractivity contribution in [3.8, 4) is 72.4 Å². The SMILES string of the molecule is CC1(C)c2ccccc2-c2ccc(-c3cc(-c4cccc5c4-c4ccccc4CC5CCc4cccc(-c5ccccc5)c4)cc(-c4cccc5c6ccccc6n(-c6ccccc6)c45)c3)cc21. The smallest absolute Gasteiger partial charge is 0.0619 e. The van der Waals surface area contributed by atoms with Gasteiger partial charge in [0.25, 0.3) is 0 Å². The zero-order chi connectivity index (χ0) is 45.3. The van der Waals surface area contributed by atoms with Gasteiger partial charge in [-0.05, 0) is 157 Å². The molecule has 0 N–H and O–H groups in total. The van der Waals surface area contributed by atoms with Gasteiger partial charge in [0.1, 0.15) is 0 Å². The molecule has 0 bridgehead atoms. The quantitative estimate of drug-likeness (QED) is 0.143. The topological polar surface area (TPSA) is 4.93 Å².